The zero-order valence-corrected chi connectivity index (χ0v) is 52.9. The van der Waals surface area contributed by atoms with Crippen molar-refractivity contribution >= 4 is 53.7 Å². The molecule has 36 atom stereocenters. The van der Waals surface area contributed by atoms with Gasteiger partial charge in [-0.3, -0.25) is 43.2 Å². The average Bonchev–Trinajstić information content (AvgIpc) is 1.61. The van der Waals surface area contributed by atoms with E-state index < -0.39 is 11.8 Å². The summed E-state index contributed by atoms with van der Waals surface area (Å²) in [5.41, 5.74) is 0.549. The third-order valence-electron chi connectivity index (χ3n) is 28.8. The van der Waals surface area contributed by atoms with Gasteiger partial charge in [0.2, 0.25) is 0 Å². The van der Waals surface area contributed by atoms with Gasteiger partial charge < -0.3 is 52.1 Å². The van der Waals surface area contributed by atoms with Gasteiger partial charge in [0.25, 0.3) is 0 Å². The number of hydrogen-bond acceptors (Lipinski definition) is 20. The monoisotopic (exact) mass is 1230 g/mol. The van der Waals surface area contributed by atoms with E-state index in [2.05, 4.69) is 62.3 Å². The molecule has 10 saturated carbocycles. The Bertz CT molecular complexity index is 2920. The highest BCUT2D eigenvalue weighted by molar-refractivity contribution is 5.87. The van der Waals surface area contributed by atoms with E-state index >= 15 is 0 Å². The number of rotatable bonds is 2. The van der Waals surface area contributed by atoms with Crippen molar-refractivity contribution in [3.05, 3.63) is 0 Å². The molecule has 0 aromatic heterocycles. The normalized spacial score (nSPS) is 55.8. The minimum absolute atomic E-state index is 0.0353. The lowest BCUT2D eigenvalue weighted by atomic mass is 9.69. The van der Waals surface area contributed by atoms with Crippen LogP contribution in [0.1, 0.15) is 133 Å². The molecule has 0 N–H and O–H groups in total. The first kappa shape index (κ1) is 59.5. The number of hydrogen-bond donors (Lipinski definition) is 0. The molecule has 11 aliphatic heterocycles. The van der Waals surface area contributed by atoms with E-state index in [9.17, 15) is 43.2 Å². The Labute approximate surface area is 514 Å². The van der Waals surface area contributed by atoms with Crippen LogP contribution in [0.15, 0.2) is 0 Å². The number of fused-ring (bicyclic) bond motifs is 7. The minimum Gasteiger partial charge on any atom is -0.469 e. The Morgan fingerprint density at radius 2 is 1.06 bits per heavy atom. The zero-order valence-electron chi connectivity index (χ0n) is 52.9. The fourth-order valence-electron chi connectivity index (χ4n) is 23.5. The molecule has 11 heterocycles. The maximum atomic E-state index is 11.7. The van der Waals surface area contributed by atoms with Crippen molar-refractivity contribution in [1.82, 2.24) is 0 Å². The molecule has 0 spiro atoms. The van der Waals surface area contributed by atoms with Crippen molar-refractivity contribution in [1.29, 1.82) is 0 Å². The summed E-state index contributed by atoms with van der Waals surface area (Å²) < 4.78 is 57.9. The minimum atomic E-state index is -0.471. The lowest BCUT2D eigenvalue weighted by Crippen LogP contribution is -2.41. The Kier molecular flexibility index (Phi) is 13.7. The van der Waals surface area contributed by atoms with Gasteiger partial charge in [-0.1, -0.05) is 62.3 Å². The molecule has 14 bridgehead atoms. The Balaban J connectivity index is 0.0000000864. The molecular formula is C68H90O20. The average molecular weight is 1230 g/mol. The number of ether oxygens (including phenoxy) is 11. The van der Waals surface area contributed by atoms with Gasteiger partial charge in [0, 0.05) is 46.8 Å². The molecular weight excluding hydrogens is 1140 g/mol. The van der Waals surface area contributed by atoms with E-state index in [1.807, 2.05) is 6.92 Å². The van der Waals surface area contributed by atoms with Crippen molar-refractivity contribution in [2.45, 2.75) is 201 Å². The largest absolute Gasteiger partial charge is 0.469 e. The maximum absolute atomic E-state index is 11.7. The molecule has 20 heteroatoms. The topological polar surface area (TPSA) is 255 Å². The van der Waals surface area contributed by atoms with Crippen LogP contribution in [0.25, 0.3) is 0 Å². The smallest absolute Gasteiger partial charge is 0.313 e. The zero-order chi connectivity index (χ0) is 62.2. The summed E-state index contributed by atoms with van der Waals surface area (Å²) in [7, 11) is 2.72. The van der Waals surface area contributed by atoms with E-state index in [1.54, 1.807) is 0 Å². The first-order valence-electron chi connectivity index (χ1n) is 33.6. The molecule has 11 saturated heterocycles. The second-order valence-electron chi connectivity index (χ2n) is 32.3. The molecule has 0 amide bonds. The molecule has 0 aromatic rings. The second kappa shape index (κ2) is 20.3. The van der Waals surface area contributed by atoms with Gasteiger partial charge in [-0.05, 0) is 124 Å². The van der Waals surface area contributed by atoms with Crippen LogP contribution in [0.5, 0.6) is 0 Å². The molecule has 0 radical (unpaired) electrons. The van der Waals surface area contributed by atoms with E-state index in [4.69, 9.17) is 52.1 Å². The van der Waals surface area contributed by atoms with Gasteiger partial charge in [0.1, 0.15) is 60.9 Å². The molecule has 21 aliphatic rings. The molecule has 482 valence electrons. The molecule has 20 nitrogen and oxygen atoms in total. The van der Waals surface area contributed by atoms with Crippen LogP contribution in [0, 0.1) is 152 Å². The number of methoxy groups -OCH3 is 2. The maximum Gasteiger partial charge on any atom is 0.313 e. The predicted octanol–water partition coefficient (Wildman–Crippen LogP) is 6.66. The van der Waals surface area contributed by atoms with E-state index in [-0.39, 0.29) is 173 Å². The Morgan fingerprint density at radius 1 is 0.420 bits per heavy atom. The summed E-state index contributed by atoms with van der Waals surface area (Å²) in [6.45, 7) is 21.7. The SMILES string of the molecule is CC1(C)C2CC3C(=O)OC1C3C2.CC1C2CC3C(=O)OC1C3O2.CC1C2CC3OC(=O)C1(C)C3C2.CC1C2CC3OC(=O)C1C3C2.CC1C2OC(=O)C3CC1(C)CC32.COC(=O)C1C2CC3C(OC(=O)C31)C2C.COC(=O)C1C2OC3C(OC(=O)C31)C2C. The summed E-state index contributed by atoms with van der Waals surface area (Å²) in [5, 5.41) is 0. The summed E-state index contributed by atoms with van der Waals surface area (Å²) in [4.78, 5) is 103. The van der Waals surface area contributed by atoms with E-state index in [1.165, 1.54) is 39.9 Å². The third kappa shape index (κ3) is 8.13. The molecule has 21 rings (SSSR count). The predicted molar refractivity (Wildman–Crippen MR) is 301 cm³/mol. The van der Waals surface area contributed by atoms with Crippen molar-refractivity contribution in [2.24, 2.45) is 152 Å². The lowest BCUT2D eigenvalue weighted by Gasteiger charge is -2.32. The van der Waals surface area contributed by atoms with Crippen LogP contribution in [0.4, 0.5) is 0 Å². The second-order valence-corrected chi connectivity index (χ2v) is 32.3. The highest BCUT2D eigenvalue weighted by Crippen LogP contribution is 2.67. The van der Waals surface area contributed by atoms with Gasteiger partial charge in [-0.25, -0.2) is 0 Å². The van der Waals surface area contributed by atoms with E-state index in [0.29, 0.717) is 70.9 Å². The van der Waals surface area contributed by atoms with Crippen LogP contribution < -0.4 is 0 Å². The summed E-state index contributed by atoms with van der Waals surface area (Å²) in [6, 6.07) is 0. The third-order valence-corrected chi connectivity index (χ3v) is 28.8. The molecule has 36 unspecified atom stereocenters. The van der Waals surface area contributed by atoms with Crippen LogP contribution in [-0.4, -0.2) is 135 Å². The first-order valence-corrected chi connectivity index (χ1v) is 33.6. The number of carbonyl (C=O) groups excluding carboxylic acids is 9. The standard InChI is InChI=1S/C11H14O4.C10H12O5.3C10H14O2.C9H12O2.C8H10O3/c1-4-5-3-6-8(7(5)10(12)14-2)11(13)15-9(4)6;1-3-6-4(9(11)13-2)5-8(14-6)7(3)15-10(5)12;1-10(2)5-3-6-7(4-5)9(11)12-8(6)10;1-5-8-6-3-10(5,2)4-7(6)9(11)12-8;1-5-6-3-7-8(4-6)12-9(11)10(5,7)2;1-4-5-2-6-7(3-5)11-9(10)8(4)6;1-3-5-2-4-7(10-5)6(3)11-8(4)9/h4-9H,3H2,1-2H3;3-8H,1-2H3;3*5-8H,3-4H2,1-2H3;4-8H,2-3H2,1H3;3-7H,2H2,1H3. The molecule has 88 heavy (non-hydrogen) atoms. The summed E-state index contributed by atoms with van der Waals surface area (Å²) >= 11 is 0. The van der Waals surface area contributed by atoms with Crippen LogP contribution in [0.3, 0.4) is 0 Å². The summed E-state index contributed by atoms with van der Waals surface area (Å²) in [5.74, 6) is 6.36. The number of carbonyl (C=O) groups is 9. The fourth-order valence-corrected chi connectivity index (χ4v) is 23.5. The van der Waals surface area contributed by atoms with Crippen molar-refractivity contribution in [2.75, 3.05) is 14.2 Å². The van der Waals surface area contributed by atoms with E-state index in [0.717, 1.165) is 56.3 Å². The molecule has 21 fully saturated rings. The Morgan fingerprint density at radius 3 is 1.68 bits per heavy atom. The highest BCUT2D eigenvalue weighted by atomic mass is 16.6. The van der Waals surface area contributed by atoms with Gasteiger partial charge in [-0.2, -0.15) is 0 Å². The number of esters is 9. The van der Waals surface area contributed by atoms with Crippen LogP contribution >= 0.6 is 0 Å². The quantitative estimate of drug-likeness (QED) is 0.207. The molecule has 0 aromatic carbocycles. The van der Waals surface area contributed by atoms with Gasteiger partial charge in [0.15, 0.2) is 0 Å². The first-order chi connectivity index (χ1) is 41.7. The lowest BCUT2D eigenvalue weighted by molar-refractivity contribution is -0.153. The molecule has 10 aliphatic carbocycles. The van der Waals surface area contributed by atoms with Gasteiger partial charge >= 0.3 is 53.7 Å². The van der Waals surface area contributed by atoms with Crippen LogP contribution in [-0.2, 0) is 95.3 Å². The van der Waals surface area contributed by atoms with Gasteiger partial charge in [0.05, 0.1) is 73.3 Å². The van der Waals surface area contributed by atoms with Gasteiger partial charge in [-0.15, -0.1) is 0 Å². The Hall–Kier alpha value is -4.85. The van der Waals surface area contributed by atoms with Crippen molar-refractivity contribution in [3.63, 3.8) is 0 Å². The van der Waals surface area contributed by atoms with Crippen molar-refractivity contribution in [3.8, 4) is 0 Å². The highest BCUT2D eigenvalue weighted by Gasteiger charge is 2.72. The fraction of sp³-hybridized carbons (Fsp3) is 0.868. The van der Waals surface area contributed by atoms with Crippen molar-refractivity contribution < 1.29 is 95.3 Å². The summed E-state index contributed by atoms with van der Waals surface area (Å²) in [6.07, 6.45) is 12.2. The van der Waals surface area contributed by atoms with Crippen LogP contribution in [0.2, 0.25) is 0 Å².